The molecule has 0 spiro atoms. The van der Waals surface area contributed by atoms with Crippen molar-refractivity contribution in [3.05, 3.63) is 57.0 Å². The number of amides is 2. The van der Waals surface area contributed by atoms with Crippen molar-refractivity contribution in [2.45, 2.75) is 19.4 Å². The summed E-state index contributed by atoms with van der Waals surface area (Å²) in [6, 6.07) is 10.7. The average molecular weight is 452 g/mol. The number of hydrogen-bond donors (Lipinski definition) is 0. The largest absolute Gasteiger partial charge is 0.496 e. The SMILES string of the molecule is COc1ccc(Br)cc1CN(C)C(=O)c1ccc(Cl)c(N2CCCC2=O)c1. The fourth-order valence-electron chi connectivity index (χ4n) is 3.17. The minimum atomic E-state index is -0.151. The number of hydrogen-bond acceptors (Lipinski definition) is 3. The summed E-state index contributed by atoms with van der Waals surface area (Å²) in [6.07, 6.45) is 1.31. The van der Waals surface area contributed by atoms with E-state index in [1.807, 2.05) is 18.2 Å². The van der Waals surface area contributed by atoms with Gasteiger partial charge in [-0.1, -0.05) is 27.5 Å². The number of benzene rings is 2. The number of nitrogens with zero attached hydrogens (tertiary/aromatic N) is 2. The van der Waals surface area contributed by atoms with Crippen molar-refractivity contribution < 1.29 is 14.3 Å². The normalized spacial score (nSPS) is 13.8. The van der Waals surface area contributed by atoms with E-state index in [0.29, 0.717) is 35.8 Å². The Bertz CT molecular complexity index is 888. The third kappa shape index (κ3) is 4.28. The van der Waals surface area contributed by atoms with Gasteiger partial charge in [0, 0.05) is 42.2 Å². The standard InChI is InChI=1S/C20H20BrClN2O3/c1-23(12-14-10-15(21)6-8-18(14)27-2)20(26)13-5-7-16(22)17(11-13)24-9-3-4-19(24)25/h5-8,10-11H,3-4,9,12H2,1-2H3. The highest BCUT2D eigenvalue weighted by atomic mass is 79.9. The molecule has 5 nitrogen and oxygen atoms in total. The molecule has 142 valence electrons. The second-order valence-corrected chi connectivity index (χ2v) is 7.76. The highest BCUT2D eigenvalue weighted by Gasteiger charge is 2.25. The molecule has 27 heavy (non-hydrogen) atoms. The fraction of sp³-hybridized carbons (Fsp3) is 0.300. The summed E-state index contributed by atoms with van der Waals surface area (Å²) < 4.78 is 6.30. The smallest absolute Gasteiger partial charge is 0.253 e. The Morgan fingerprint density at radius 1 is 1.30 bits per heavy atom. The summed E-state index contributed by atoms with van der Waals surface area (Å²) in [5.74, 6) is 0.604. The zero-order valence-electron chi connectivity index (χ0n) is 15.2. The first-order valence-corrected chi connectivity index (χ1v) is 9.75. The van der Waals surface area contributed by atoms with Gasteiger partial charge in [0.15, 0.2) is 0 Å². The molecule has 2 aromatic carbocycles. The summed E-state index contributed by atoms with van der Waals surface area (Å²) in [7, 11) is 3.34. The van der Waals surface area contributed by atoms with Crippen molar-refractivity contribution in [3.8, 4) is 5.75 Å². The maximum atomic E-state index is 12.9. The maximum absolute atomic E-state index is 12.9. The van der Waals surface area contributed by atoms with Crippen LogP contribution in [0, 0.1) is 0 Å². The van der Waals surface area contributed by atoms with Crippen molar-refractivity contribution in [1.29, 1.82) is 0 Å². The first kappa shape index (κ1) is 19.7. The van der Waals surface area contributed by atoms with Crippen LogP contribution < -0.4 is 9.64 Å². The van der Waals surface area contributed by atoms with Gasteiger partial charge in [-0.15, -0.1) is 0 Å². The molecule has 0 bridgehead atoms. The minimum Gasteiger partial charge on any atom is -0.496 e. The highest BCUT2D eigenvalue weighted by molar-refractivity contribution is 9.10. The summed E-state index contributed by atoms with van der Waals surface area (Å²) >= 11 is 9.72. The number of carbonyl (C=O) groups excluding carboxylic acids is 2. The Labute approximate surface area is 172 Å². The van der Waals surface area contributed by atoms with Gasteiger partial charge in [0.05, 0.1) is 17.8 Å². The first-order valence-electron chi connectivity index (χ1n) is 8.58. The van der Waals surface area contributed by atoms with Gasteiger partial charge in [-0.3, -0.25) is 9.59 Å². The molecule has 0 aliphatic carbocycles. The van der Waals surface area contributed by atoms with E-state index in [4.69, 9.17) is 16.3 Å². The molecule has 1 aliphatic rings. The second-order valence-electron chi connectivity index (χ2n) is 6.43. The Morgan fingerprint density at radius 2 is 2.07 bits per heavy atom. The van der Waals surface area contributed by atoms with E-state index in [1.165, 1.54) is 0 Å². The van der Waals surface area contributed by atoms with Crippen molar-refractivity contribution in [2.24, 2.45) is 0 Å². The van der Waals surface area contributed by atoms with Gasteiger partial charge in [-0.25, -0.2) is 0 Å². The molecule has 2 aromatic rings. The Morgan fingerprint density at radius 3 is 2.74 bits per heavy atom. The van der Waals surface area contributed by atoms with Crippen molar-refractivity contribution in [2.75, 3.05) is 25.6 Å². The molecule has 0 aromatic heterocycles. The van der Waals surface area contributed by atoms with Crippen molar-refractivity contribution in [3.63, 3.8) is 0 Å². The third-order valence-electron chi connectivity index (χ3n) is 4.55. The van der Waals surface area contributed by atoms with Crippen LogP contribution in [-0.4, -0.2) is 37.4 Å². The zero-order valence-corrected chi connectivity index (χ0v) is 17.5. The molecule has 1 saturated heterocycles. The van der Waals surface area contributed by atoms with Crippen LogP contribution in [0.5, 0.6) is 5.75 Å². The van der Waals surface area contributed by atoms with Crippen LogP contribution in [0.15, 0.2) is 40.9 Å². The predicted molar refractivity (Wildman–Crippen MR) is 110 cm³/mol. The zero-order chi connectivity index (χ0) is 19.6. The molecule has 7 heteroatoms. The molecular formula is C20H20BrClN2O3. The molecule has 0 N–H and O–H groups in total. The van der Waals surface area contributed by atoms with E-state index in [-0.39, 0.29) is 11.8 Å². The molecule has 0 unspecified atom stereocenters. The van der Waals surface area contributed by atoms with Gasteiger partial charge in [-0.2, -0.15) is 0 Å². The average Bonchev–Trinajstić information content (AvgIpc) is 3.07. The Hall–Kier alpha value is -2.05. The second kappa shape index (κ2) is 8.31. The molecular weight excluding hydrogens is 432 g/mol. The van der Waals surface area contributed by atoms with Gasteiger partial charge in [0.25, 0.3) is 5.91 Å². The van der Waals surface area contributed by atoms with Crippen LogP contribution in [0.3, 0.4) is 0 Å². The number of carbonyl (C=O) groups is 2. The molecule has 0 radical (unpaired) electrons. The number of halogens is 2. The lowest BCUT2D eigenvalue weighted by Gasteiger charge is -2.21. The number of methoxy groups -OCH3 is 1. The van der Waals surface area contributed by atoms with Gasteiger partial charge in [0.2, 0.25) is 5.91 Å². The lowest BCUT2D eigenvalue weighted by Crippen LogP contribution is -2.28. The lowest BCUT2D eigenvalue weighted by molar-refractivity contribution is -0.117. The van der Waals surface area contributed by atoms with Crippen LogP contribution in [0.25, 0.3) is 0 Å². The van der Waals surface area contributed by atoms with Crippen LogP contribution in [0.4, 0.5) is 5.69 Å². The topological polar surface area (TPSA) is 49.9 Å². The van der Waals surface area contributed by atoms with Crippen molar-refractivity contribution in [1.82, 2.24) is 4.90 Å². The predicted octanol–water partition coefficient (Wildman–Crippen LogP) is 4.51. The van der Waals surface area contributed by atoms with E-state index in [0.717, 1.165) is 22.2 Å². The maximum Gasteiger partial charge on any atom is 0.253 e. The Kier molecular flexibility index (Phi) is 6.07. The molecule has 2 amide bonds. The number of ether oxygens (including phenoxy) is 1. The highest BCUT2D eigenvalue weighted by Crippen LogP contribution is 2.31. The molecule has 1 fully saturated rings. The van der Waals surface area contributed by atoms with Gasteiger partial charge in [0.1, 0.15) is 5.75 Å². The number of rotatable bonds is 5. The van der Waals surface area contributed by atoms with Gasteiger partial charge < -0.3 is 14.5 Å². The van der Waals surface area contributed by atoms with Gasteiger partial charge >= 0.3 is 0 Å². The third-order valence-corrected chi connectivity index (χ3v) is 5.37. The molecule has 0 atom stereocenters. The summed E-state index contributed by atoms with van der Waals surface area (Å²) in [4.78, 5) is 28.2. The van der Waals surface area contributed by atoms with Crippen LogP contribution >= 0.6 is 27.5 Å². The van der Waals surface area contributed by atoms with Crippen LogP contribution in [-0.2, 0) is 11.3 Å². The number of anilines is 1. The van der Waals surface area contributed by atoms with Crippen molar-refractivity contribution >= 4 is 45.0 Å². The Balaban J connectivity index is 1.83. The monoisotopic (exact) mass is 450 g/mol. The summed E-state index contributed by atoms with van der Waals surface area (Å²) in [6.45, 7) is 1.02. The van der Waals surface area contributed by atoms with Gasteiger partial charge in [-0.05, 0) is 42.8 Å². The lowest BCUT2D eigenvalue weighted by atomic mass is 10.1. The van der Waals surface area contributed by atoms with Crippen LogP contribution in [0.1, 0.15) is 28.8 Å². The molecule has 3 rings (SSSR count). The first-order chi connectivity index (χ1) is 12.9. The van der Waals surface area contributed by atoms with E-state index < -0.39 is 0 Å². The summed E-state index contributed by atoms with van der Waals surface area (Å²) in [5, 5.41) is 0.470. The fourth-order valence-corrected chi connectivity index (χ4v) is 3.80. The van der Waals surface area contributed by atoms with E-state index in [1.54, 1.807) is 42.2 Å². The minimum absolute atomic E-state index is 0.0359. The van der Waals surface area contributed by atoms with Crippen LogP contribution in [0.2, 0.25) is 5.02 Å². The quantitative estimate of drug-likeness (QED) is 0.672. The van der Waals surface area contributed by atoms with E-state index >= 15 is 0 Å². The van der Waals surface area contributed by atoms with E-state index in [9.17, 15) is 9.59 Å². The molecule has 1 aliphatic heterocycles. The summed E-state index contributed by atoms with van der Waals surface area (Å²) in [5.41, 5.74) is 1.98. The van der Waals surface area contributed by atoms with E-state index in [2.05, 4.69) is 15.9 Å². The molecule has 0 saturated carbocycles. The molecule has 1 heterocycles.